The van der Waals surface area contributed by atoms with E-state index in [0.29, 0.717) is 19.6 Å². The average Bonchev–Trinajstić information content (AvgIpc) is 2.60. The zero-order valence-corrected chi connectivity index (χ0v) is 14.0. The Balaban J connectivity index is 1.51. The number of rotatable bonds is 5. The molecule has 0 aromatic heterocycles. The summed E-state index contributed by atoms with van der Waals surface area (Å²) in [4.78, 5) is 12.2. The van der Waals surface area contributed by atoms with Crippen LogP contribution in [0.2, 0.25) is 0 Å². The number of aryl methyl sites for hydroxylation is 1. The number of nitrogens with one attached hydrogen (secondary N) is 2. The summed E-state index contributed by atoms with van der Waals surface area (Å²) in [5, 5.41) is 6.31. The maximum atomic E-state index is 12.2. The van der Waals surface area contributed by atoms with Gasteiger partial charge in [-0.1, -0.05) is 18.2 Å². The van der Waals surface area contributed by atoms with Crippen LogP contribution >= 0.6 is 0 Å². The quantitative estimate of drug-likeness (QED) is 0.887. The van der Waals surface area contributed by atoms with Crippen LogP contribution in [0.3, 0.4) is 0 Å². The van der Waals surface area contributed by atoms with Crippen molar-refractivity contribution in [2.75, 3.05) is 19.0 Å². The second-order valence-corrected chi connectivity index (χ2v) is 5.98. The first kappa shape index (κ1) is 16.2. The zero-order valence-electron chi connectivity index (χ0n) is 14.0. The van der Waals surface area contributed by atoms with E-state index in [1.165, 1.54) is 0 Å². The number of carbonyl (C=O) groups excluding carboxylic acids is 1. The van der Waals surface area contributed by atoms with Crippen molar-refractivity contribution in [3.63, 3.8) is 0 Å². The number of hydrogen-bond donors (Lipinski definition) is 2. The lowest BCUT2D eigenvalue weighted by Crippen LogP contribution is -2.37. The minimum atomic E-state index is -0.0227. The van der Waals surface area contributed by atoms with Crippen molar-refractivity contribution in [3.05, 3.63) is 53.6 Å². The van der Waals surface area contributed by atoms with Gasteiger partial charge in [0, 0.05) is 6.54 Å². The van der Waals surface area contributed by atoms with Gasteiger partial charge in [0.2, 0.25) is 5.91 Å². The molecule has 0 saturated heterocycles. The van der Waals surface area contributed by atoms with Gasteiger partial charge in [-0.05, 0) is 42.3 Å². The maximum Gasteiger partial charge on any atom is 0.222 e. The van der Waals surface area contributed by atoms with Crippen LogP contribution in [0, 0.1) is 6.92 Å². The molecular weight excluding hydrogens is 304 g/mol. The Morgan fingerprint density at radius 2 is 2.21 bits per heavy atom. The molecule has 1 heterocycles. The van der Waals surface area contributed by atoms with Gasteiger partial charge in [0.15, 0.2) is 0 Å². The van der Waals surface area contributed by atoms with Crippen molar-refractivity contribution in [2.24, 2.45) is 0 Å². The largest absolute Gasteiger partial charge is 0.497 e. The number of fused-ring (bicyclic) bond motifs is 1. The molecule has 1 amide bonds. The van der Waals surface area contributed by atoms with Gasteiger partial charge in [-0.3, -0.25) is 4.79 Å². The Labute approximate surface area is 142 Å². The third-order valence-electron chi connectivity index (χ3n) is 3.99. The van der Waals surface area contributed by atoms with Gasteiger partial charge < -0.3 is 20.1 Å². The fraction of sp³-hybridized carbons (Fsp3) is 0.316. The summed E-state index contributed by atoms with van der Waals surface area (Å²) in [5.41, 5.74) is 3.11. The molecule has 0 bridgehead atoms. The molecule has 0 radical (unpaired) electrons. The lowest BCUT2D eigenvalue weighted by molar-refractivity contribution is -0.121. The highest BCUT2D eigenvalue weighted by Gasteiger charge is 2.21. The molecule has 1 atom stereocenters. The molecule has 126 valence electrons. The molecule has 5 heteroatoms. The predicted octanol–water partition coefficient (Wildman–Crippen LogP) is 2.88. The van der Waals surface area contributed by atoms with E-state index in [1.807, 2.05) is 49.4 Å². The molecule has 5 nitrogen and oxygen atoms in total. The molecule has 0 unspecified atom stereocenters. The molecule has 2 aromatic carbocycles. The van der Waals surface area contributed by atoms with E-state index < -0.39 is 0 Å². The topological polar surface area (TPSA) is 59.6 Å². The second-order valence-electron chi connectivity index (χ2n) is 5.98. The van der Waals surface area contributed by atoms with Gasteiger partial charge >= 0.3 is 0 Å². The van der Waals surface area contributed by atoms with Crippen molar-refractivity contribution in [1.82, 2.24) is 5.32 Å². The number of anilines is 1. The summed E-state index contributed by atoms with van der Waals surface area (Å²) in [6.07, 6.45) is 0.372. The molecule has 1 aliphatic heterocycles. The van der Waals surface area contributed by atoms with Crippen molar-refractivity contribution < 1.29 is 14.3 Å². The number of hydrogen-bond acceptors (Lipinski definition) is 4. The van der Waals surface area contributed by atoms with Gasteiger partial charge in [-0.25, -0.2) is 0 Å². The summed E-state index contributed by atoms with van der Waals surface area (Å²) in [7, 11) is 1.63. The molecule has 2 N–H and O–H groups in total. The molecule has 24 heavy (non-hydrogen) atoms. The monoisotopic (exact) mass is 326 g/mol. The highest BCUT2D eigenvalue weighted by Crippen LogP contribution is 2.30. The van der Waals surface area contributed by atoms with Crippen LogP contribution < -0.4 is 20.1 Å². The first-order chi connectivity index (χ1) is 11.6. The fourth-order valence-corrected chi connectivity index (χ4v) is 2.71. The molecule has 1 aliphatic rings. The molecular formula is C19H22N2O3. The highest BCUT2D eigenvalue weighted by atomic mass is 16.5. The lowest BCUT2D eigenvalue weighted by atomic mass is 10.1. The van der Waals surface area contributed by atoms with Crippen molar-refractivity contribution in [3.8, 4) is 11.5 Å². The van der Waals surface area contributed by atoms with Crippen LogP contribution in [0.25, 0.3) is 0 Å². The Morgan fingerprint density at radius 1 is 1.33 bits per heavy atom. The van der Waals surface area contributed by atoms with Crippen LogP contribution in [0.15, 0.2) is 42.5 Å². The smallest absolute Gasteiger partial charge is 0.222 e. The predicted molar refractivity (Wildman–Crippen MR) is 93.5 cm³/mol. The number of ether oxygens (including phenoxy) is 2. The number of amides is 1. The Hall–Kier alpha value is -2.69. The van der Waals surface area contributed by atoms with Gasteiger partial charge in [0.05, 0.1) is 25.3 Å². The van der Waals surface area contributed by atoms with E-state index in [4.69, 9.17) is 9.47 Å². The highest BCUT2D eigenvalue weighted by molar-refractivity contribution is 5.77. The fourth-order valence-electron chi connectivity index (χ4n) is 2.71. The van der Waals surface area contributed by atoms with Crippen LogP contribution in [0.4, 0.5) is 5.69 Å². The number of benzene rings is 2. The molecule has 3 rings (SSSR count). The van der Waals surface area contributed by atoms with Gasteiger partial charge in [-0.15, -0.1) is 0 Å². The minimum Gasteiger partial charge on any atom is -0.497 e. The van der Waals surface area contributed by atoms with Gasteiger partial charge in [-0.2, -0.15) is 0 Å². The first-order valence-electron chi connectivity index (χ1n) is 8.03. The van der Waals surface area contributed by atoms with Gasteiger partial charge in [0.1, 0.15) is 18.1 Å². The molecule has 0 spiro atoms. The van der Waals surface area contributed by atoms with E-state index in [9.17, 15) is 4.79 Å². The van der Waals surface area contributed by atoms with Crippen LogP contribution in [0.5, 0.6) is 11.5 Å². The number of carbonyl (C=O) groups is 1. The van der Waals surface area contributed by atoms with Crippen LogP contribution in [0.1, 0.15) is 17.5 Å². The number of methoxy groups -OCH3 is 1. The Bertz CT molecular complexity index is 730. The first-order valence-corrected chi connectivity index (χ1v) is 8.03. The van der Waals surface area contributed by atoms with E-state index >= 15 is 0 Å². The second kappa shape index (κ2) is 7.25. The van der Waals surface area contributed by atoms with Crippen molar-refractivity contribution in [2.45, 2.75) is 25.9 Å². The summed E-state index contributed by atoms with van der Waals surface area (Å²) in [6, 6.07) is 13.7. The van der Waals surface area contributed by atoms with Crippen LogP contribution in [-0.2, 0) is 11.3 Å². The summed E-state index contributed by atoms with van der Waals surface area (Å²) >= 11 is 0. The lowest BCUT2D eigenvalue weighted by Gasteiger charge is -2.27. The summed E-state index contributed by atoms with van der Waals surface area (Å²) in [5.74, 6) is 1.63. The average molecular weight is 326 g/mol. The molecule has 0 aliphatic carbocycles. The third kappa shape index (κ3) is 3.98. The Morgan fingerprint density at radius 3 is 3.04 bits per heavy atom. The maximum absolute atomic E-state index is 12.2. The molecule has 0 saturated carbocycles. The van der Waals surface area contributed by atoms with Crippen LogP contribution in [-0.4, -0.2) is 25.7 Å². The van der Waals surface area contributed by atoms with Crippen molar-refractivity contribution >= 4 is 11.6 Å². The summed E-state index contributed by atoms with van der Waals surface area (Å²) in [6.45, 7) is 3.00. The van der Waals surface area contributed by atoms with Crippen molar-refractivity contribution in [1.29, 1.82) is 0 Å². The Kier molecular flexibility index (Phi) is 4.89. The standard InChI is InChI=1S/C19H22N2O3/c1-13-6-7-17-18(8-13)24-12-15(21-17)10-19(22)20-11-14-4-3-5-16(9-14)23-2/h3-9,15,21H,10-12H2,1-2H3,(H,20,22)/t15-/m1/s1. The summed E-state index contributed by atoms with van der Waals surface area (Å²) < 4.78 is 10.9. The third-order valence-corrected chi connectivity index (χ3v) is 3.99. The SMILES string of the molecule is COc1cccc(CNC(=O)C[C@@H]2COc3cc(C)ccc3N2)c1. The van der Waals surface area contributed by atoms with Gasteiger partial charge in [0.25, 0.3) is 0 Å². The van der Waals surface area contributed by atoms with E-state index in [2.05, 4.69) is 10.6 Å². The zero-order chi connectivity index (χ0) is 16.9. The minimum absolute atomic E-state index is 0.00511. The van der Waals surface area contributed by atoms with E-state index in [0.717, 1.165) is 28.3 Å². The normalized spacial score (nSPS) is 15.7. The molecule has 0 fully saturated rings. The molecule has 2 aromatic rings. The van der Waals surface area contributed by atoms with E-state index in [-0.39, 0.29) is 11.9 Å². The van der Waals surface area contributed by atoms with E-state index in [1.54, 1.807) is 7.11 Å².